The van der Waals surface area contributed by atoms with E-state index in [0.717, 1.165) is 11.1 Å². The van der Waals surface area contributed by atoms with Gasteiger partial charge in [0.1, 0.15) is 23.4 Å². The predicted molar refractivity (Wildman–Crippen MR) is 125 cm³/mol. The molecule has 7 N–H and O–H groups in total. The van der Waals surface area contributed by atoms with E-state index in [-0.39, 0.29) is 35.7 Å². The summed E-state index contributed by atoms with van der Waals surface area (Å²) in [5.41, 5.74) is 15.9. The summed E-state index contributed by atoms with van der Waals surface area (Å²) in [5, 5.41) is 6.50. The van der Waals surface area contributed by atoms with Gasteiger partial charge in [0.2, 0.25) is 5.91 Å². The van der Waals surface area contributed by atoms with Crippen LogP contribution in [0.15, 0.2) is 53.9 Å². The van der Waals surface area contributed by atoms with Crippen LogP contribution in [-0.4, -0.2) is 49.0 Å². The molecule has 36 heavy (non-hydrogen) atoms. The van der Waals surface area contributed by atoms with Crippen LogP contribution in [0.25, 0.3) is 0 Å². The fourth-order valence-corrected chi connectivity index (χ4v) is 4.42. The van der Waals surface area contributed by atoms with Gasteiger partial charge in [0.25, 0.3) is 11.8 Å². The molecule has 0 radical (unpaired) electrons. The van der Waals surface area contributed by atoms with Crippen molar-refractivity contribution in [2.75, 3.05) is 20.2 Å². The summed E-state index contributed by atoms with van der Waals surface area (Å²) in [7, 11) is 1.38. The van der Waals surface area contributed by atoms with Crippen molar-refractivity contribution < 1.29 is 27.5 Å². The number of hydrogen-bond acceptors (Lipinski definition) is 7. The molecule has 0 saturated carbocycles. The first kappa shape index (κ1) is 25.3. The number of carbonyl (C=O) groups excluding carboxylic acids is 2. The zero-order valence-corrected chi connectivity index (χ0v) is 19.5. The lowest BCUT2D eigenvalue weighted by Gasteiger charge is -2.39. The Morgan fingerprint density at radius 2 is 1.94 bits per heavy atom. The molecule has 192 valence electrons. The quantitative estimate of drug-likeness (QED) is 0.383. The van der Waals surface area contributed by atoms with Crippen molar-refractivity contribution in [1.29, 1.82) is 0 Å². The number of piperidine rings is 1. The highest BCUT2D eigenvalue weighted by Gasteiger charge is 2.49. The summed E-state index contributed by atoms with van der Waals surface area (Å²) in [6.45, 7) is 0.0107. The summed E-state index contributed by atoms with van der Waals surface area (Å²) < 4.78 is 47.8. The normalized spacial score (nSPS) is 21.4. The lowest BCUT2D eigenvalue weighted by Crippen LogP contribution is -2.59. The fourth-order valence-electron chi connectivity index (χ4n) is 4.42. The van der Waals surface area contributed by atoms with Crippen LogP contribution in [0.2, 0.25) is 0 Å². The lowest BCUT2D eigenvalue weighted by atomic mass is 9.98. The average Bonchev–Trinajstić information content (AvgIpc) is 3.19. The number of nitrogens with two attached hydrogens (primary N) is 2. The third-order valence-electron chi connectivity index (χ3n) is 6.28. The minimum atomic E-state index is -3.07. The van der Waals surface area contributed by atoms with E-state index in [0.29, 0.717) is 17.7 Å². The van der Waals surface area contributed by atoms with Crippen molar-refractivity contribution >= 4 is 11.8 Å². The largest absolute Gasteiger partial charge is 0.496 e. The molecule has 2 aliphatic rings. The SMILES string of the molecule is COc1ccc(F)cc1C(=O)NCc1ccc(C2NN(C3CCNCC3(F)F)C(N)=C2C(N)=O)cc1. The van der Waals surface area contributed by atoms with Gasteiger partial charge in [0, 0.05) is 6.54 Å². The molecule has 0 aromatic heterocycles. The number of carbonyl (C=O) groups is 2. The third kappa shape index (κ3) is 4.95. The number of ether oxygens (including phenoxy) is 1. The average molecular weight is 505 g/mol. The summed E-state index contributed by atoms with van der Waals surface area (Å²) >= 11 is 0. The smallest absolute Gasteiger partial charge is 0.281 e. The van der Waals surface area contributed by atoms with Crippen molar-refractivity contribution in [3.63, 3.8) is 0 Å². The Morgan fingerprint density at radius 1 is 1.22 bits per heavy atom. The van der Waals surface area contributed by atoms with E-state index in [1.165, 1.54) is 19.2 Å². The highest BCUT2D eigenvalue weighted by molar-refractivity contribution is 5.97. The number of benzene rings is 2. The topological polar surface area (TPSA) is 135 Å². The number of hydrogen-bond donors (Lipinski definition) is 5. The Hall–Kier alpha value is -3.77. The standard InChI is InChI=1S/C24H27F3N6O3/c1-36-17-7-6-15(25)10-16(17)23(35)31-11-13-2-4-14(5-3-13)20-19(22(29)34)21(28)33(32-20)18-8-9-30-12-24(18,26)27/h2-7,10,18,20,30,32H,8-9,11-12,28H2,1H3,(H2,29,34)(H,31,35). The summed E-state index contributed by atoms with van der Waals surface area (Å²) in [6.07, 6.45) is 0.119. The maximum absolute atomic E-state index is 14.5. The minimum Gasteiger partial charge on any atom is -0.496 e. The number of primary amides is 1. The molecule has 2 aromatic carbocycles. The van der Waals surface area contributed by atoms with E-state index in [1.54, 1.807) is 24.3 Å². The Kier molecular flexibility index (Phi) is 7.09. The van der Waals surface area contributed by atoms with Gasteiger partial charge in [-0.15, -0.1) is 0 Å². The molecule has 2 aromatic rings. The Balaban J connectivity index is 1.48. The zero-order chi connectivity index (χ0) is 26.0. The first-order chi connectivity index (χ1) is 17.1. The highest BCUT2D eigenvalue weighted by Crippen LogP contribution is 2.36. The highest BCUT2D eigenvalue weighted by atomic mass is 19.3. The van der Waals surface area contributed by atoms with Gasteiger partial charge in [-0.3, -0.25) is 14.6 Å². The molecule has 0 aliphatic carbocycles. The van der Waals surface area contributed by atoms with Crippen LogP contribution in [0.3, 0.4) is 0 Å². The minimum absolute atomic E-state index is 0.00332. The van der Waals surface area contributed by atoms with Gasteiger partial charge in [0.05, 0.1) is 30.8 Å². The van der Waals surface area contributed by atoms with Crippen molar-refractivity contribution in [2.24, 2.45) is 11.5 Å². The first-order valence-corrected chi connectivity index (χ1v) is 11.3. The molecular formula is C24H27F3N6O3. The van der Waals surface area contributed by atoms with Gasteiger partial charge in [-0.05, 0) is 42.3 Å². The molecule has 2 heterocycles. The lowest BCUT2D eigenvalue weighted by molar-refractivity contribution is -0.114. The van der Waals surface area contributed by atoms with Crippen molar-refractivity contribution in [2.45, 2.75) is 31.0 Å². The van der Waals surface area contributed by atoms with Crippen LogP contribution in [0.5, 0.6) is 5.75 Å². The van der Waals surface area contributed by atoms with Crippen LogP contribution in [0.1, 0.15) is 33.9 Å². The molecule has 1 fully saturated rings. The van der Waals surface area contributed by atoms with E-state index >= 15 is 0 Å². The molecule has 2 aliphatic heterocycles. The first-order valence-electron chi connectivity index (χ1n) is 11.3. The molecule has 12 heteroatoms. The molecule has 0 spiro atoms. The number of amides is 2. The number of nitrogens with one attached hydrogen (secondary N) is 3. The van der Waals surface area contributed by atoms with Crippen LogP contribution in [-0.2, 0) is 11.3 Å². The number of nitrogens with zero attached hydrogens (tertiary/aromatic N) is 1. The number of halogens is 3. The van der Waals surface area contributed by atoms with Crippen LogP contribution in [0.4, 0.5) is 13.2 Å². The molecule has 1 saturated heterocycles. The van der Waals surface area contributed by atoms with Gasteiger partial charge in [0.15, 0.2) is 0 Å². The molecule has 4 rings (SSSR count). The number of rotatable bonds is 7. The fraction of sp³-hybridized carbons (Fsp3) is 0.333. The Bertz CT molecular complexity index is 1190. The second kappa shape index (κ2) is 10.1. The third-order valence-corrected chi connectivity index (χ3v) is 6.28. The molecule has 9 nitrogen and oxygen atoms in total. The second-order valence-electron chi connectivity index (χ2n) is 8.61. The van der Waals surface area contributed by atoms with Gasteiger partial charge < -0.3 is 26.8 Å². The van der Waals surface area contributed by atoms with Crippen LogP contribution >= 0.6 is 0 Å². The number of alkyl halides is 2. The van der Waals surface area contributed by atoms with Crippen molar-refractivity contribution in [3.05, 3.63) is 76.4 Å². The van der Waals surface area contributed by atoms with Gasteiger partial charge in [-0.1, -0.05) is 24.3 Å². The second-order valence-corrected chi connectivity index (χ2v) is 8.61. The summed E-state index contributed by atoms with van der Waals surface area (Å²) in [6, 6.07) is 8.37. The molecule has 2 amide bonds. The van der Waals surface area contributed by atoms with E-state index in [9.17, 15) is 22.8 Å². The predicted octanol–water partition coefficient (Wildman–Crippen LogP) is 1.28. The maximum Gasteiger partial charge on any atom is 0.281 e. The molecule has 2 unspecified atom stereocenters. The van der Waals surface area contributed by atoms with Gasteiger partial charge in [-0.25, -0.2) is 18.6 Å². The number of methoxy groups -OCH3 is 1. The van der Waals surface area contributed by atoms with E-state index in [2.05, 4.69) is 16.1 Å². The molecule has 2 atom stereocenters. The monoisotopic (exact) mass is 504 g/mol. The van der Waals surface area contributed by atoms with E-state index < -0.39 is 42.2 Å². The van der Waals surface area contributed by atoms with Gasteiger partial charge >= 0.3 is 0 Å². The maximum atomic E-state index is 14.5. The Morgan fingerprint density at radius 3 is 2.58 bits per heavy atom. The Labute approximate surface area is 205 Å². The van der Waals surface area contributed by atoms with Crippen molar-refractivity contribution in [3.8, 4) is 5.75 Å². The van der Waals surface area contributed by atoms with E-state index in [4.69, 9.17) is 16.2 Å². The molecule has 0 bridgehead atoms. The molecular weight excluding hydrogens is 477 g/mol. The zero-order valence-electron chi connectivity index (χ0n) is 19.5. The summed E-state index contributed by atoms with van der Waals surface area (Å²) in [4.78, 5) is 24.7. The van der Waals surface area contributed by atoms with E-state index in [1.807, 2.05) is 0 Å². The van der Waals surface area contributed by atoms with Crippen molar-refractivity contribution in [1.82, 2.24) is 21.1 Å². The van der Waals surface area contributed by atoms with Gasteiger partial charge in [-0.2, -0.15) is 0 Å². The van der Waals surface area contributed by atoms with Crippen LogP contribution < -0.4 is 32.3 Å². The summed E-state index contributed by atoms with van der Waals surface area (Å²) in [5.74, 6) is -4.85. The van der Waals surface area contributed by atoms with Crippen LogP contribution in [0, 0.1) is 5.82 Å². The number of hydrazine groups is 1.